The normalized spacial score (nSPS) is 15.2. The Balaban J connectivity index is 1.98. The second-order valence-corrected chi connectivity index (χ2v) is 5.58. The molecule has 2 rings (SSSR count). The molecule has 0 bridgehead atoms. The molecule has 0 spiro atoms. The van der Waals surface area contributed by atoms with Crippen molar-refractivity contribution in [3.8, 4) is 0 Å². The highest BCUT2D eigenvalue weighted by atomic mass is 79.9. The molecule has 5 nitrogen and oxygen atoms in total. The molecule has 0 unspecified atom stereocenters. The highest BCUT2D eigenvalue weighted by Gasteiger charge is 2.25. The first-order chi connectivity index (χ1) is 10.0. The molecular formula is C14H16BrFN2O3. The van der Waals surface area contributed by atoms with E-state index in [4.69, 9.17) is 4.74 Å². The Hall–Kier alpha value is -1.47. The number of methoxy groups -OCH3 is 1. The predicted molar refractivity (Wildman–Crippen MR) is 78.5 cm³/mol. The zero-order valence-corrected chi connectivity index (χ0v) is 13.2. The van der Waals surface area contributed by atoms with E-state index in [0.717, 1.165) is 0 Å². The summed E-state index contributed by atoms with van der Waals surface area (Å²) in [5.41, 5.74) is 0.424. The molecule has 1 aliphatic heterocycles. The van der Waals surface area contributed by atoms with Gasteiger partial charge in [0.05, 0.1) is 5.56 Å². The maximum Gasteiger partial charge on any atom is 0.255 e. The number of nitrogens with zero attached hydrogens (tertiary/aromatic N) is 2. The highest BCUT2D eigenvalue weighted by Crippen LogP contribution is 2.20. The SMILES string of the molecule is COCC(=O)N1CCN(C(=O)c2ccc(F)cc2Br)CC1. The van der Waals surface area contributed by atoms with Crippen LogP contribution in [-0.2, 0) is 9.53 Å². The molecule has 0 saturated carbocycles. The van der Waals surface area contributed by atoms with Crippen molar-refractivity contribution < 1.29 is 18.7 Å². The molecule has 1 fully saturated rings. The van der Waals surface area contributed by atoms with Crippen LogP contribution in [0.15, 0.2) is 22.7 Å². The molecule has 2 amide bonds. The molecule has 0 atom stereocenters. The number of hydrogen-bond donors (Lipinski definition) is 0. The second-order valence-electron chi connectivity index (χ2n) is 4.73. The molecule has 1 heterocycles. The summed E-state index contributed by atoms with van der Waals surface area (Å²) in [5.74, 6) is -0.637. The lowest BCUT2D eigenvalue weighted by Gasteiger charge is -2.34. The molecule has 0 radical (unpaired) electrons. The number of piperazine rings is 1. The van der Waals surface area contributed by atoms with Crippen LogP contribution < -0.4 is 0 Å². The maximum atomic E-state index is 13.1. The number of benzene rings is 1. The van der Waals surface area contributed by atoms with Gasteiger partial charge in [-0.1, -0.05) is 0 Å². The number of rotatable bonds is 3. The summed E-state index contributed by atoms with van der Waals surface area (Å²) in [6.07, 6.45) is 0. The molecule has 1 aromatic carbocycles. The van der Waals surface area contributed by atoms with Gasteiger partial charge in [0.25, 0.3) is 5.91 Å². The van der Waals surface area contributed by atoms with Gasteiger partial charge in [0, 0.05) is 37.8 Å². The first-order valence-corrected chi connectivity index (χ1v) is 7.33. The monoisotopic (exact) mass is 358 g/mol. The fourth-order valence-electron chi connectivity index (χ4n) is 2.21. The summed E-state index contributed by atoms with van der Waals surface area (Å²) in [5, 5.41) is 0. The lowest BCUT2D eigenvalue weighted by molar-refractivity contribution is -0.136. The minimum atomic E-state index is -0.395. The van der Waals surface area contributed by atoms with Crippen molar-refractivity contribution >= 4 is 27.7 Å². The summed E-state index contributed by atoms with van der Waals surface area (Å²) in [4.78, 5) is 27.4. The summed E-state index contributed by atoms with van der Waals surface area (Å²) >= 11 is 3.20. The van der Waals surface area contributed by atoms with Crippen LogP contribution in [-0.4, -0.2) is 61.5 Å². The summed E-state index contributed by atoms with van der Waals surface area (Å²) in [6, 6.07) is 3.99. The van der Waals surface area contributed by atoms with Crippen molar-refractivity contribution in [2.75, 3.05) is 39.9 Å². The lowest BCUT2D eigenvalue weighted by Crippen LogP contribution is -2.51. The minimum absolute atomic E-state index is 0.0530. The first-order valence-electron chi connectivity index (χ1n) is 6.54. The Morgan fingerprint density at radius 3 is 2.43 bits per heavy atom. The van der Waals surface area contributed by atoms with Gasteiger partial charge in [-0.3, -0.25) is 9.59 Å². The molecule has 1 aliphatic rings. The molecule has 0 aliphatic carbocycles. The Morgan fingerprint density at radius 2 is 1.86 bits per heavy atom. The fraction of sp³-hybridized carbons (Fsp3) is 0.429. The Morgan fingerprint density at radius 1 is 1.24 bits per heavy atom. The summed E-state index contributed by atoms with van der Waals surface area (Å²) < 4.78 is 18.3. The zero-order valence-electron chi connectivity index (χ0n) is 11.6. The van der Waals surface area contributed by atoms with Crippen LogP contribution in [0, 0.1) is 5.82 Å². The van der Waals surface area contributed by atoms with E-state index in [1.54, 1.807) is 9.80 Å². The first kappa shape index (κ1) is 15.9. The van der Waals surface area contributed by atoms with Crippen LogP contribution >= 0.6 is 15.9 Å². The van der Waals surface area contributed by atoms with E-state index in [2.05, 4.69) is 15.9 Å². The number of carbonyl (C=O) groups excluding carboxylic acids is 2. The van der Waals surface area contributed by atoms with Crippen molar-refractivity contribution in [3.63, 3.8) is 0 Å². The molecule has 0 N–H and O–H groups in total. The fourth-order valence-corrected chi connectivity index (χ4v) is 2.73. The number of halogens is 2. The molecular weight excluding hydrogens is 343 g/mol. The quantitative estimate of drug-likeness (QED) is 0.822. The van der Waals surface area contributed by atoms with E-state index >= 15 is 0 Å². The summed E-state index contributed by atoms with van der Waals surface area (Å²) in [6.45, 7) is 1.92. The Kier molecular flexibility index (Phi) is 5.30. The van der Waals surface area contributed by atoms with Gasteiger partial charge in [0.15, 0.2) is 0 Å². The van der Waals surface area contributed by atoms with E-state index < -0.39 is 5.82 Å². The largest absolute Gasteiger partial charge is 0.375 e. The van der Waals surface area contributed by atoms with Crippen molar-refractivity contribution in [1.29, 1.82) is 0 Å². The topological polar surface area (TPSA) is 49.9 Å². The van der Waals surface area contributed by atoms with Gasteiger partial charge in [-0.2, -0.15) is 0 Å². The van der Waals surface area contributed by atoms with Gasteiger partial charge in [-0.25, -0.2) is 4.39 Å². The van der Waals surface area contributed by atoms with Gasteiger partial charge in [-0.05, 0) is 34.1 Å². The van der Waals surface area contributed by atoms with Crippen molar-refractivity contribution in [3.05, 3.63) is 34.1 Å². The zero-order chi connectivity index (χ0) is 15.4. The Labute approximate surface area is 130 Å². The van der Waals surface area contributed by atoms with E-state index in [1.165, 1.54) is 25.3 Å². The number of hydrogen-bond acceptors (Lipinski definition) is 3. The van der Waals surface area contributed by atoms with Gasteiger partial charge in [0.1, 0.15) is 12.4 Å². The summed E-state index contributed by atoms with van der Waals surface area (Å²) in [7, 11) is 1.48. The Bertz CT molecular complexity index is 545. The minimum Gasteiger partial charge on any atom is -0.375 e. The number of ether oxygens (including phenoxy) is 1. The van der Waals surface area contributed by atoms with E-state index in [1.807, 2.05) is 0 Å². The predicted octanol–water partition coefficient (Wildman–Crippen LogP) is 1.52. The van der Waals surface area contributed by atoms with Crippen LogP contribution in [0.1, 0.15) is 10.4 Å². The molecule has 1 aromatic rings. The third-order valence-electron chi connectivity index (χ3n) is 3.35. The number of amides is 2. The molecule has 0 aromatic heterocycles. The lowest BCUT2D eigenvalue weighted by atomic mass is 10.1. The third kappa shape index (κ3) is 3.79. The van der Waals surface area contributed by atoms with Gasteiger partial charge >= 0.3 is 0 Å². The molecule has 114 valence electrons. The second kappa shape index (κ2) is 7.00. The van der Waals surface area contributed by atoms with Crippen molar-refractivity contribution in [2.45, 2.75) is 0 Å². The van der Waals surface area contributed by atoms with E-state index in [0.29, 0.717) is 36.2 Å². The maximum absolute atomic E-state index is 13.1. The van der Waals surface area contributed by atoms with Gasteiger partial charge in [0.2, 0.25) is 5.91 Å². The van der Waals surface area contributed by atoms with Crippen LogP contribution in [0.2, 0.25) is 0 Å². The highest BCUT2D eigenvalue weighted by molar-refractivity contribution is 9.10. The van der Waals surface area contributed by atoms with Crippen LogP contribution in [0.3, 0.4) is 0 Å². The molecule has 21 heavy (non-hydrogen) atoms. The van der Waals surface area contributed by atoms with Crippen LogP contribution in [0.25, 0.3) is 0 Å². The van der Waals surface area contributed by atoms with Gasteiger partial charge < -0.3 is 14.5 Å². The average molecular weight is 359 g/mol. The van der Waals surface area contributed by atoms with Crippen molar-refractivity contribution in [2.24, 2.45) is 0 Å². The van der Waals surface area contributed by atoms with E-state index in [9.17, 15) is 14.0 Å². The van der Waals surface area contributed by atoms with Gasteiger partial charge in [-0.15, -0.1) is 0 Å². The molecule has 1 saturated heterocycles. The van der Waals surface area contributed by atoms with E-state index in [-0.39, 0.29) is 18.4 Å². The van der Waals surface area contributed by atoms with Crippen molar-refractivity contribution in [1.82, 2.24) is 9.80 Å². The molecule has 7 heteroatoms. The standard InChI is InChI=1S/C14H16BrFN2O3/c1-21-9-13(19)17-4-6-18(7-5-17)14(20)11-3-2-10(16)8-12(11)15/h2-3,8H,4-7,9H2,1H3. The third-order valence-corrected chi connectivity index (χ3v) is 4.01. The van der Waals surface area contributed by atoms with Crippen LogP contribution in [0.5, 0.6) is 0 Å². The number of carbonyl (C=O) groups is 2. The average Bonchev–Trinajstić information content (AvgIpc) is 2.47. The van der Waals surface area contributed by atoms with Crippen LogP contribution in [0.4, 0.5) is 4.39 Å². The smallest absolute Gasteiger partial charge is 0.255 e.